The zero-order valence-electron chi connectivity index (χ0n) is 7.81. The molecule has 74 valence electrons. The summed E-state index contributed by atoms with van der Waals surface area (Å²) in [7, 11) is 0. The molecule has 0 unspecified atom stereocenters. The van der Waals surface area contributed by atoms with Crippen LogP contribution in [-0.2, 0) is 0 Å². The third-order valence-electron chi connectivity index (χ3n) is 2.35. The van der Waals surface area contributed by atoms with Crippen LogP contribution < -0.4 is 9.47 Å². The molecular formula is C12H8O3. The van der Waals surface area contributed by atoms with Crippen molar-refractivity contribution in [3.8, 4) is 17.2 Å². The number of aromatic hydroxyl groups is 1. The minimum absolute atomic E-state index is 0.245. The van der Waals surface area contributed by atoms with Gasteiger partial charge in [-0.15, -0.1) is 0 Å². The Balaban J connectivity index is 2.34. The molecule has 0 fully saturated rings. The average Bonchev–Trinajstić information content (AvgIpc) is 2.28. The Bertz CT molecular complexity index is 558. The van der Waals surface area contributed by atoms with Gasteiger partial charge in [0.05, 0.1) is 0 Å². The molecule has 3 nitrogen and oxygen atoms in total. The largest absolute Gasteiger partial charge is 0.508 e. The van der Waals surface area contributed by atoms with E-state index in [0.717, 1.165) is 10.8 Å². The monoisotopic (exact) mass is 200 g/mol. The van der Waals surface area contributed by atoms with E-state index in [9.17, 15) is 5.11 Å². The van der Waals surface area contributed by atoms with E-state index in [1.807, 2.05) is 18.2 Å². The zero-order chi connectivity index (χ0) is 10.3. The van der Waals surface area contributed by atoms with E-state index in [1.54, 1.807) is 12.1 Å². The normalized spacial score (nSPS) is 13.1. The molecule has 1 aliphatic rings. The third-order valence-corrected chi connectivity index (χ3v) is 2.35. The first-order valence-electron chi connectivity index (χ1n) is 4.59. The van der Waals surface area contributed by atoms with Crippen LogP contribution in [0.25, 0.3) is 10.8 Å². The summed E-state index contributed by atoms with van der Waals surface area (Å²) in [5.74, 6) is 1.63. The van der Waals surface area contributed by atoms with Gasteiger partial charge in [-0.25, -0.2) is 0 Å². The van der Waals surface area contributed by atoms with E-state index >= 15 is 0 Å². The van der Waals surface area contributed by atoms with Crippen LogP contribution in [0.4, 0.5) is 0 Å². The van der Waals surface area contributed by atoms with Crippen LogP contribution in [-0.4, -0.2) is 5.11 Å². The number of rotatable bonds is 0. The average molecular weight is 200 g/mol. The summed E-state index contributed by atoms with van der Waals surface area (Å²) in [6.07, 6.45) is 2.99. The Kier molecular flexibility index (Phi) is 1.59. The van der Waals surface area contributed by atoms with Crippen LogP contribution in [0.2, 0.25) is 0 Å². The summed E-state index contributed by atoms with van der Waals surface area (Å²) < 4.78 is 10.7. The van der Waals surface area contributed by atoms with E-state index in [-0.39, 0.29) is 5.75 Å². The second-order valence-corrected chi connectivity index (χ2v) is 3.31. The van der Waals surface area contributed by atoms with Gasteiger partial charge in [0, 0.05) is 5.39 Å². The van der Waals surface area contributed by atoms with E-state index in [0.29, 0.717) is 11.5 Å². The standard InChI is InChI=1S/C12H8O3/c13-9-2-3-10-8(7-9)1-4-11-12(10)15-6-5-14-11/h1-7,13H. The highest BCUT2D eigenvalue weighted by atomic mass is 16.5. The molecule has 0 spiro atoms. The molecule has 0 bridgehead atoms. The van der Waals surface area contributed by atoms with Gasteiger partial charge in [0.2, 0.25) is 0 Å². The second kappa shape index (κ2) is 2.92. The fourth-order valence-corrected chi connectivity index (χ4v) is 1.68. The summed E-state index contributed by atoms with van der Waals surface area (Å²) >= 11 is 0. The molecule has 0 radical (unpaired) electrons. The molecule has 0 saturated heterocycles. The predicted octanol–water partition coefficient (Wildman–Crippen LogP) is 2.79. The summed E-state index contributed by atoms with van der Waals surface area (Å²) in [6, 6.07) is 8.84. The first kappa shape index (κ1) is 8.17. The highest BCUT2D eigenvalue weighted by molar-refractivity contribution is 5.92. The number of phenols is 1. The van der Waals surface area contributed by atoms with E-state index in [4.69, 9.17) is 9.47 Å². The van der Waals surface area contributed by atoms with Gasteiger partial charge in [0.1, 0.15) is 18.3 Å². The highest BCUT2D eigenvalue weighted by Gasteiger charge is 2.12. The van der Waals surface area contributed by atoms with Crippen molar-refractivity contribution >= 4 is 10.8 Å². The molecule has 0 saturated carbocycles. The maximum atomic E-state index is 9.35. The van der Waals surface area contributed by atoms with Gasteiger partial charge < -0.3 is 14.6 Å². The molecule has 0 amide bonds. The molecule has 2 aromatic carbocycles. The number of phenolic OH excluding ortho intramolecular Hbond substituents is 1. The molecule has 1 N–H and O–H groups in total. The molecule has 0 aliphatic carbocycles. The van der Waals surface area contributed by atoms with Gasteiger partial charge in [0.25, 0.3) is 0 Å². The van der Waals surface area contributed by atoms with Crippen LogP contribution in [0.15, 0.2) is 42.9 Å². The quantitative estimate of drug-likeness (QED) is 0.710. The molecule has 0 aromatic heterocycles. The van der Waals surface area contributed by atoms with Crippen molar-refractivity contribution in [2.75, 3.05) is 0 Å². The number of hydrogen-bond donors (Lipinski definition) is 1. The van der Waals surface area contributed by atoms with Crippen molar-refractivity contribution in [1.29, 1.82) is 0 Å². The van der Waals surface area contributed by atoms with Crippen molar-refractivity contribution in [1.82, 2.24) is 0 Å². The first-order chi connectivity index (χ1) is 7.34. The van der Waals surface area contributed by atoms with Crippen LogP contribution in [0.5, 0.6) is 17.2 Å². The molecule has 3 heteroatoms. The Morgan fingerprint density at radius 3 is 2.73 bits per heavy atom. The second-order valence-electron chi connectivity index (χ2n) is 3.31. The van der Waals surface area contributed by atoms with Gasteiger partial charge in [0.15, 0.2) is 11.5 Å². The Morgan fingerprint density at radius 2 is 1.80 bits per heavy atom. The lowest BCUT2D eigenvalue weighted by Crippen LogP contribution is -1.96. The summed E-state index contributed by atoms with van der Waals surface area (Å²) in [5, 5.41) is 11.2. The molecule has 1 aliphatic heterocycles. The molecular weight excluding hydrogens is 192 g/mol. The first-order valence-corrected chi connectivity index (χ1v) is 4.59. The van der Waals surface area contributed by atoms with Gasteiger partial charge in [-0.1, -0.05) is 6.07 Å². The van der Waals surface area contributed by atoms with E-state index < -0.39 is 0 Å². The van der Waals surface area contributed by atoms with E-state index in [1.165, 1.54) is 12.5 Å². The number of benzene rings is 2. The highest BCUT2D eigenvalue weighted by Crippen LogP contribution is 2.38. The van der Waals surface area contributed by atoms with Crippen molar-refractivity contribution < 1.29 is 14.6 Å². The summed E-state index contributed by atoms with van der Waals surface area (Å²) in [6.45, 7) is 0. The molecule has 3 rings (SSSR count). The minimum atomic E-state index is 0.245. The lowest BCUT2D eigenvalue weighted by molar-refractivity contribution is 0.365. The molecule has 0 atom stereocenters. The fraction of sp³-hybridized carbons (Fsp3) is 0. The lowest BCUT2D eigenvalue weighted by Gasteiger charge is -2.14. The Hall–Kier alpha value is -2.16. The predicted molar refractivity (Wildman–Crippen MR) is 56.0 cm³/mol. The maximum Gasteiger partial charge on any atom is 0.176 e. The number of ether oxygens (including phenoxy) is 2. The maximum absolute atomic E-state index is 9.35. The Labute approximate surface area is 86.2 Å². The van der Waals surface area contributed by atoms with Crippen molar-refractivity contribution in [2.45, 2.75) is 0 Å². The van der Waals surface area contributed by atoms with Crippen LogP contribution in [0.1, 0.15) is 0 Å². The number of fused-ring (bicyclic) bond motifs is 3. The van der Waals surface area contributed by atoms with Gasteiger partial charge in [-0.2, -0.15) is 0 Å². The fourth-order valence-electron chi connectivity index (χ4n) is 1.68. The van der Waals surface area contributed by atoms with Crippen molar-refractivity contribution in [3.05, 3.63) is 42.9 Å². The van der Waals surface area contributed by atoms with E-state index in [2.05, 4.69) is 0 Å². The SMILES string of the molecule is Oc1ccc2c3c(ccc2c1)OC=CO3. The van der Waals surface area contributed by atoms with Crippen molar-refractivity contribution in [2.24, 2.45) is 0 Å². The van der Waals surface area contributed by atoms with Crippen LogP contribution in [0, 0.1) is 0 Å². The summed E-state index contributed by atoms with van der Waals surface area (Å²) in [5.41, 5.74) is 0. The zero-order valence-corrected chi connectivity index (χ0v) is 7.81. The smallest absolute Gasteiger partial charge is 0.176 e. The topological polar surface area (TPSA) is 38.7 Å². The molecule has 2 aromatic rings. The molecule has 15 heavy (non-hydrogen) atoms. The lowest BCUT2D eigenvalue weighted by atomic mass is 10.1. The molecule has 1 heterocycles. The van der Waals surface area contributed by atoms with Gasteiger partial charge >= 0.3 is 0 Å². The van der Waals surface area contributed by atoms with Gasteiger partial charge in [-0.3, -0.25) is 0 Å². The Morgan fingerprint density at radius 1 is 0.933 bits per heavy atom. The number of hydrogen-bond acceptors (Lipinski definition) is 3. The van der Waals surface area contributed by atoms with Gasteiger partial charge in [-0.05, 0) is 29.7 Å². The summed E-state index contributed by atoms with van der Waals surface area (Å²) in [4.78, 5) is 0. The third kappa shape index (κ3) is 1.21. The van der Waals surface area contributed by atoms with Crippen LogP contribution >= 0.6 is 0 Å². The minimum Gasteiger partial charge on any atom is -0.508 e. The van der Waals surface area contributed by atoms with Crippen molar-refractivity contribution in [3.63, 3.8) is 0 Å². The van der Waals surface area contributed by atoms with Crippen LogP contribution in [0.3, 0.4) is 0 Å².